The zero-order valence-electron chi connectivity index (χ0n) is 16.3. The molecule has 2 aromatic carbocycles. The largest absolute Gasteiger partial charge is 0.396 e. The van der Waals surface area contributed by atoms with Gasteiger partial charge < -0.3 is 15.7 Å². The number of hydrogen-bond donors (Lipinski definition) is 3. The molecule has 0 unspecified atom stereocenters. The second-order valence-corrected chi connectivity index (χ2v) is 8.66. The lowest BCUT2D eigenvalue weighted by molar-refractivity contribution is -0.136. The average Bonchev–Trinajstić information content (AvgIpc) is 2.71. The third-order valence-corrected chi connectivity index (χ3v) is 6.13. The van der Waals surface area contributed by atoms with Crippen molar-refractivity contribution in [1.29, 1.82) is 0 Å². The molecule has 0 saturated carbocycles. The van der Waals surface area contributed by atoms with Crippen LogP contribution in [-0.4, -0.2) is 50.3 Å². The zero-order valence-corrected chi connectivity index (χ0v) is 17.1. The van der Waals surface area contributed by atoms with Crippen molar-refractivity contribution in [3.63, 3.8) is 0 Å². The van der Waals surface area contributed by atoms with Crippen molar-refractivity contribution < 1.29 is 23.1 Å². The highest BCUT2D eigenvalue weighted by atomic mass is 32.2. The van der Waals surface area contributed by atoms with Gasteiger partial charge in [0.1, 0.15) is 4.90 Å². The van der Waals surface area contributed by atoms with Crippen molar-refractivity contribution in [1.82, 2.24) is 9.62 Å². The highest BCUT2D eigenvalue weighted by Crippen LogP contribution is 2.23. The molecule has 2 rings (SSSR count). The summed E-state index contributed by atoms with van der Waals surface area (Å²) in [6.45, 7) is -0.0405. The van der Waals surface area contributed by atoms with E-state index >= 15 is 0 Å². The van der Waals surface area contributed by atoms with Gasteiger partial charge in [0.05, 0.1) is 11.7 Å². The number of anilines is 1. The average molecular weight is 420 g/mol. The molecule has 0 saturated heterocycles. The molecule has 29 heavy (non-hydrogen) atoms. The van der Waals surface area contributed by atoms with Gasteiger partial charge in [-0.05, 0) is 30.5 Å². The van der Waals surface area contributed by atoms with Gasteiger partial charge in [-0.15, -0.1) is 0 Å². The first-order valence-corrected chi connectivity index (χ1v) is 10.5. The van der Waals surface area contributed by atoms with Crippen LogP contribution in [0.2, 0.25) is 0 Å². The van der Waals surface area contributed by atoms with Crippen molar-refractivity contribution in [3.8, 4) is 0 Å². The Labute approximate surface area is 170 Å². The summed E-state index contributed by atoms with van der Waals surface area (Å²) in [7, 11) is -1.04. The number of carbonyl (C=O) groups excluding carboxylic acids is 2. The van der Waals surface area contributed by atoms with Gasteiger partial charge in [0.15, 0.2) is 0 Å². The molecular weight excluding hydrogens is 394 g/mol. The summed E-state index contributed by atoms with van der Waals surface area (Å²) in [4.78, 5) is 24.8. The van der Waals surface area contributed by atoms with E-state index in [1.807, 2.05) is 30.3 Å². The number of carbonyl (C=O) groups is 2. The normalized spacial score (nSPS) is 12.4. The smallest absolute Gasteiger partial charge is 0.313 e. The maximum absolute atomic E-state index is 12.4. The van der Waals surface area contributed by atoms with Crippen molar-refractivity contribution in [2.24, 2.45) is 0 Å². The molecule has 0 aliphatic rings. The van der Waals surface area contributed by atoms with Gasteiger partial charge in [0, 0.05) is 20.7 Å². The number of rotatable bonds is 8. The molecule has 0 heterocycles. The monoisotopic (exact) mass is 419 g/mol. The summed E-state index contributed by atoms with van der Waals surface area (Å²) >= 11 is 0. The van der Waals surface area contributed by atoms with Crippen LogP contribution >= 0.6 is 0 Å². The Morgan fingerprint density at radius 1 is 1.00 bits per heavy atom. The van der Waals surface area contributed by atoms with Crippen LogP contribution in [0, 0.1) is 0 Å². The SMILES string of the molecule is CN(C)S(=O)(=O)c1ccccc1NC(=O)C(=O)N[C@H](CCCO)c1ccccc1. The maximum Gasteiger partial charge on any atom is 0.313 e. The lowest BCUT2D eigenvalue weighted by Gasteiger charge is -2.19. The Kier molecular flexibility index (Phi) is 7.89. The Morgan fingerprint density at radius 3 is 2.24 bits per heavy atom. The molecule has 2 amide bonds. The molecule has 0 aliphatic carbocycles. The van der Waals surface area contributed by atoms with E-state index in [1.165, 1.54) is 32.3 Å². The molecule has 9 heteroatoms. The predicted octanol–water partition coefficient (Wildman–Crippen LogP) is 1.51. The van der Waals surface area contributed by atoms with E-state index in [1.54, 1.807) is 6.07 Å². The molecule has 1 atom stereocenters. The quantitative estimate of drug-likeness (QED) is 0.561. The van der Waals surface area contributed by atoms with Crippen LogP contribution in [-0.2, 0) is 19.6 Å². The number of para-hydroxylation sites is 1. The Morgan fingerprint density at radius 2 is 1.62 bits per heavy atom. The summed E-state index contributed by atoms with van der Waals surface area (Å²) in [6, 6.07) is 14.5. The molecule has 0 bridgehead atoms. The van der Waals surface area contributed by atoms with E-state index < -0.39 is 27.9 Å². The molecule has 0 fully saturated rings. The number of aliphatic hydroxyl groups excluding tert-OH is 1. The van der Waals surface area contributed by atoms with E-state index in [0.29, 0.717) is 12.8 Å². The van der Waals surface area contributed by atoms with E-state index in [9.17, 15) is 18.0 Å². The summed E-state index contributed by atoms with van der Waals surface area (Å²) in [6.07, 6.45) is 0.899. The summed E-state index contributed by atoms with van der Waals surface area (Å²) < 4.78 is 25.9. The fourth-order valence-electron chi connectivity index (χ4n) is 2.70. The Hall–Kier alpha value is -2.75. The van der Waals surface area contributed by atoms with Crippen molar-refractivity contribution in [2.45, 2.75) is 23.8 Å². The van der Waals surface area contributed by atoms with Crippen molar-refractivity contribution >= 4 is 27.5 Å². The zero-order chi connectivity index (χ0) is 21.4. The highest BCUT2D eigenvalue weighted by molar-refractivity contribution is 7.89. The standard InChI is InChI=1S/C20H25N3O5S/c1-23(2)29(27,28)18-13-7-6-11-17(18)22-20(26)19(25)21-16(12-8-14-24)15-9-4-3-5-10-15/h3-7,9-11,13,16,24H,8,12,14H2,1-2H3,(H,21,25)(H,22,26)/t16-/m1/s1. The molecule has 0 aromatic heterocycles. The Balaban J connectivity index is 2.18. The van der Waals surface area contributed by atoms with E-state index in [-0.39, 0.29) is 17.2 Å². The van der Waals surface area contributed by atoms with Gasteiger partial charge in [0.25, 0.3) is 0 Å². The number of amides is 2. The fourth-order valence-corrected chi connectivity index (χ4v) is 3.74. The number of nitrogens with zero attached hydrogens (tertiary/aromatic N) is 1. The van der Waals surface area contributed by atoms with Gasteiger partial charge in [-0.25, -0.2) is 12.7 Å². The first kappa shape index (κ1) is 22.5. The highest BCUT2D eigenvalue weighted by Gasteiger charge is 2.25. The van der Waals surface area contributed by atoms with Gasteiger partial charge in [-0.2, -0.15) is 0 Å². The topological polar surface area (TPSA) is 116 Å². The molecule has 2 aromatic rings. The second kappa shape index (κ2) is 10.1. The molecular formula is C20H25N3O5S. The van der Waals surface area contributed by atoms with E-state index in [4.69, 9.17) is 5.11 Å². The molecule has 8 nitrogen and oxygen atoms in total. The maximum atomic E-state index is 12.4. The third-order valence-electron chi connectivity index (χ3n) is 4.26. The summed E-state index contributed by atoms with van der Waals surface area (Å²) in [5.74, 6) is -1.87. The van der Waals surface area contributed by atoms with Crippen LogP contribution in [0.5, 0.6) is 0 Å². The van der Waals surface area contributed by atoms with E-state index in [0.717, 1.165) is 9.87 Å². The third kappa shape index (κ3) is 5.86. The number of sulfonamides is 1. The first-order chi connectivity index (χ1) is 13.8. The van der Waals surface area contributed by atoms with Gasteiger partial charge in [-0.1, -0.05) is 42.5 Å². The van der Waals surface area contributed by atoms with Gasteiger partial charge in [0.2, 0.25) is 10.0 Å². The summed E-state index contributed by atoms with van der Waals surface area (Å²) in [5, 5.41) is 14.1. The van der Waals surface area contributed by atoms with Crippen LogP contribution < -0.4 is 10.6 Å². The van der Waals surface area contributed by atoms with E-state index in [2.05, 4.69) is 10.6 Å². The lowest BCUT2D eigenvalue weighted by Crippen LogP contribution is -2.38. The number of nitrogens with one attached hydrogen (secondary N) is 2. The molecule has 0 spiro atoms. The van der Waals surface area contributed by atoms with Crippen LogP contribution in [0.15, 0.2) is 59.5 Å². The number of aliphatic hydroxyl groups is 1. The lowest BCUT2D eigenvalue weighted by atomic mass is 10.0. The van der Waals surface area contributed by atoms with Crippen LogP contribution in [0.25, 0.3) is 0 Å². The van der Waals surface area contributed by atoms with Crippen LogP contribution in [0.3, 0.4) is 0 Å². The van der Waals surface area contributed by atoms with Gasteiger partial charge >= 0.3 is 11.8 Å². The number of hydrogen-bond acceptors (Lipinski definition) is 5. The fraction of sp³-hybridized carbons (Fsp3) is 0.300. The van der Waals surface area contributed by atoms with Gasteiger partial charge in [-0.3, -0.25) is 9.59 Å². The summed E-state index contributed by atoms with van der Waals surface area (Å²) in [5.41, 5.74) is 0.825. The minimum Gasteiger partial charge on any atom is -0.396 e. The number of benzene rings is 2. The molecule has 0 radical (unpaired) electrons. The predicted molar refractivity (Wildman–Crippen MR) is 110 cm³/mol. The molecule has 3 N–H and O–H groups in total. The minimum atomic E-state index is -3.80. The molecule has 156 valence electrons. The van der Waals surface area contributed by atoms with Crippen molar-refractivity contribution in [2.75, 3.05) is 26.0 Å². The minimum absolute atomic E-state index is 0.0213. The first-order valence-electron chi connectivity index (χ1n) is 9.06. The molecule has 0 aliphatic heterocycles. The van der Waals surface area contributed by atoms with Crippen LogP contribution in [0.1, 0.15) is 24.4 Å². The van der Waals surface area contributed by atoms with Crippen LogP contribution in [0.4, 0.5) is 5.69 Å². The van der Waals surface area contributed by atoms with Crippen molar-refractivity contribution in [3.05, 3.63) is 60.2 Å². The Bertz CT molecular complexity index is 946. The second-order valence-electron chi connectivity index (χ2n) is 6.54.